The van der Waals surface area contributed by atoms with Crippen LogP contribution < -0.4 is 16.2 Å². The molecule has 0 aromatic heterocycles. The van der Waals surface area contributed by atoms with E-state index in [9.17, 15) is 9.59 Å². The summed E-state index contributed by atoms with van der Waals surface area (Å²) in [5, 5.41) is 5.25. The van der Waals surface area contributed by atoms with Gasteiger partial charge in [0.25, 0.3) is 0 Å². The SMILES string of the molecule is O=C(Cc1ccc2ccccc2c1)NNC(=O)NC1C2CCc3ccccc3C21. The fourth-order valence-electron chi connectivity index (χ4n) is 4.66. The number of benzene rings is 3. The molecule has 1 fully saturated rings. The van der Waals surface area contributed by atoms with Gasteiger partial charge in [-0.3, -0.25) is 10.2 Å². The maximum absolute atomic E-state index is 12.2. The molecule has 5 nitrogen and oxygen atoms in total. The van der Waals surface area contributed by atoms with Crippen LogP contribution in [0.15, 0.2) is 66.7 Å². The van der Waals surface area contributed by atoms with Crippen molar-refractivity contribution in [3.8, 4) is 0 Å². The summed E-state index contributed by atoms with van der Waals surface area (Å²) in [6.07, 6.45) is 2.38. The maximum atomic E-state index is 12.2. The smallest absolute Gasteiger partial charge is 0.333 e. The maximum Gasteiger partial charge on any atom is 0.333 e. The van der Waals surface area contributed by atoms with Crippen LogP contribution in [-0.4, -0.2) is 18.0 Å². The number of fused-ring (bicyclic) bond motifs is 4. The van der Waals surface area contributed by atoms with Crippen molar-refractivity contribution in [2.45, 2.75) is 31.2 Å². The molecule has 0 radical (unpaired) electrons. The highest BCUT2D eigenvalue weighted by atomic mass is 16.2. The van der Waals surface area contributed by atoms with Gasteiger partial charge >= 0.3 is 6.03 Å². The van der Waals surface area contributed by atoms with Crippen molar-refractivity contribution in [2.75, 3.05) is 0 Å². The lowest BCUT2D eigenvalue weighted by Gasteiger charge is -2.13. The summed E-state index contributed by atoms with van der Waals surface area (Å²) in [5.74, 6) is 0.664. The van der Waals surface area contributed by atoms with Gasteiger partial charge in [0.1, 0.15) is 0 Å². The van der Waals surface area contributed by atoms with E-state index in [4.69, 9.17) is 0 Å². The van der Waals surface area contributed by atoms with Crippen molar-refractivity contribution in [3.63, 3.8) is 0 Å². The van der Waals surface area contributed by atoms with E-state index in [1.54, 1.807) is 0 Å². The van der Waals surface area contributed by atoms with Crippen molar-refractivity contribution in [2.24, 2.45) is 5.92 Å². The van der Waals surface area contributed by atoms with E-state index in [0.717, 1.165) is 29.2 Å². The first-order chi connectivity index (χ1) is 14.2. The Balaban J connectivity index is 1.13. The molecule has 146 valence electrons. The van der Waals surface area contributed by atoms with Crippen molar-refractivity contribution in [3.05, 3.63) is 83.4 Å². The Morgan fingerprint density at radius 1 is 0.897 bits per heavy atom. The minimum Gasteiger partial charge on any atom is -0.333 e. The minimum atomic E-state index is -0.353. The third kappa shape index (κ3) is 3.56. The van der Waals surface area contributed by atoms with Gasteiger partial charge in [0, 0.05) is 12.0 Å². The first-order valence-corrected chi connectivity index (χ1v) is 10.1. The van der Waals surface area contributed by atoms with Crippen LogP contribution in [0.2, 0.25) is 0 Å². The number of carbonyl (C=O) groups is 2. The highest BCUT2D eigenvalue weighted by molar-refractivity contribution is 5.86. The topological polar surface area (TPSA) is 70.2 Å². The summed E-state index contributed by atoms with van der Waals surface area (Å²) in [5.41, 5.74) is 8.66. The van der Waals surface area contributed by atoms with Gasteiger partial charge in [0.2, 0.25) is 5.91 Å². The average Bonchev–Trinajstić information content (AvgIpc) is 3.45. The van der Waals surface area contributed by atoms with Gasteiger partial charge in [-0.05, 0) is 46.2 Å². The van der Waals surface area contributed by atoms with Crippen molar-refractivity contribution < 1.29 is 9.59 Å². The number of rotatable bonds is 3. The van der Waals surface area contributed by atoms with Crippen LogP contribution in [0.3, 0.4) is 0 Å². The second kappa shape index (κ2) is 7.24. The first kappa shape index (κ1) is 17.7. The third-order valence-corrected chi connectivity index (χ3v) is 6.12. The van der Waals surface area contributed by atoms with E-state index >= 15 is 0 Å². The molecule has 2 aliphatic rings. The molecule has 3 amide bonds. The van der Waals surface area contributed by atoms with Gasteiger partial charge in [-0.2, -0.15) is 0 Å². The number of hydrazine groups is 1. The molecule has 3 unspecified atom stereocenters. The van der Waals surface area contributed by atoms with Crippen LogP contribution >= 0.6 is 0 Å². The van der Waals surface area contributed by atoms with Gasteiger partial charge < -0.3 is 5.32 Å². The van der Waals surface area contributed by atoms with E-state index in [2.05, 4.69) is 40.4 Å². The predicted molar refractivity (Wildman–Crippen MR) is 112 cm³/mol. The minimum absolute atomic E-state index is 0.149. The average molecular weight is 385 g/mol. The molecule has 0 heterocycles. The number of amides is 3. The quantitative estimate of drug-likeness (QED) is 0.605. The molecule has 0 bridgehead atoms. The van der Waals surface area contributed by atoms with Crippen LogP contribution in [0.5, 0.6) is 0 Å². The van der Waals surface area contributed by atoms with Crippen LogP contribution in [0, 0.1) is 5.92 Å². The Morgan fingerprint density at radius 2 is 1.69 bits per heavy atom. The number of hydrogen-bond donors (Lipinski definition) is 3. The Morgan fingerprint density at radius 3 is 2.59 bits per heavy atom. The fourth-order valence-corrected chi connectivity index (χ4v) is 4.66. The Kier molecular flexibility index (Phi) is 4.43. The second-order valence-corrected chi connectivity index (χ2v) is 7.96. The summed E-state index contributed by atoms with van der Waals surface area (Å²) < 4.78 is 0. The van der Waals surface area contributed by atoms with Gasteiger partial charge in [-0.25, -0.2) is 10.2 Å². The molecule has 0 aliphatic heterocycles. The molecule has 3 N–H and O–H groups in total. The zero-order valence-corrected chi connectivity index (χ0v) is 16.0. The third-order valence-electron chi connectivity index (χ3n) is 6.12. The molecule has 1 saturated carbocycles. The second-order valence-electron chi connectivity index (χ2n) is 7.96. The fraction of sp³-hybridized carbons (Fsp3) is 0.250. The van der Waals surface area contributed by atoms with E-state index in [1.807, 2.05) is 42.5 Å². The molecule has 3 aromatic carbocycles. The lowest BCUT2D eigenvalue weighted by Crippen LogP contribution is -2.48. The van der Waals surface area contributed by atoms with E-state index < -0.39 is 0 Å². The Labute approximate surface area is 169 Å². The Hall–Kier alpha value is -3.34. The summed E-state index contributed by atoms with van der Waals surface area (Å²) in [7, 11) is 0. The van der Waals surface area contributed by atoms with E-state index in [1.165, 1.54) is 11.1 Å². The predicted octanol–water partition coefficient (Wildman–Crippen LogP) is 3.44. The lowest BCUT2D eigenvalue weighted by molar-refractivity contribution is -0.121. The zero-order valence-electron chi connectivity index (χ0n) is 16.0. The van der Waals surface area contributed by atoms with Gasteiger partial charge in [-0.1, -0.05) is 66.7 Å². The van der Waals surface area contributed by atoms with Gasteiger partial charge in [-0.15, -0.1) is 0 Å². The molecule has 29 heavy (non-hydrogen) atoms. The van der Waals surface area contributed by atoms with E-state index in [0.29, 0.717) is 11.8 Å². The molecule has 0 saturated heterocycles. The van der Waals surface area contributed by atoms with Gasteiger partial charge in [0.05, 0.1) is 6.42 Å². The van der Waals surface area contributed by atoms with Crippen LogP contribution in [0.1, 0.15) is 29.0 Å². The van der Waals surface area contributed by atoms with Crippen LogP contribution in [-0.2, 0) is 17.6 Å². The molecular weight excluding hydrogens is 362 g/mol. The van der Waals surface area contributed by atoms with Gasteiger partial charge in [0.15, 0.2) is 0 Å². The van der Waals surface area contributed by atoms with Crippen molar-refractivity contribution >= 4 is 22.7 Å². The molecule has 0 spiro atoms. The molecule has 5 rings (SSSR count). The normalized spacial score (nSPS) is 21.6. The summed E-state index contributed by atoms with van der Waals surface area (Å²) in [6, 6.07) is 22.2. The molecule has 3 atom stereocenters. The summed E-state index contributed by atoms with van der Waals surface area (Å²) in [4.78, 5) is 24.5. The number of urea groups is 1. The first-order valence-electron chi connectivity index (χ1n) is 10.1. The van der Waals surface area contributed by atoms with Crippen molar-refractivity contribution in [1.82, 2.24) is 16.2 Å². The molecular formula is C24H23N3O2. The number of hydrogen-bond acceptors (Lipinski definition) is 2. The van der Waals surface area contributed by atoms with Crippen LogP contribution in [0.4, 0.5) is 4.79 Å². The van der Waals surface area contributed by atoms with E-state index in [-0.39, 0.29) is 24.4 Å². The molecule has 5 heteroatoms. The largest absolute Gasteiger partial charge is 0.333 e. The van der Waals surface area contributed by atoms with Crippen LogP contribution in [0.25, 0.3) is 10.8 Å². The molecule has 2 aliphatic carbocycles. The molecule has 3 aromatic rings. The number of aryl methyl sites for hydroxylation is 1. The summed E-state index contributed by atoms with van der Waals surface area (Å²) >= 11 is 0. The number of nitrogens with one attached hydrogen (secondary N) is 3. The highest BCUT2D eigenvalue weighted by Crippen LogP contribution is 2.54. The Bertz CT molecular complexity index is 1090. The lowest BCUT2D eigenvalue weighted by atomic mass is 9.92. The number of carbonyl (C=O) groups excluding carboxylic acids is 2. The highest BCUT2D eigenvalue weighted by Gasteiger charge is 2.53. The zero-order chi connectivity index (χ0) is 19.8. The monoisotopic (exact) mass is 385 g/mol. The summed E-state index contributed by atoms with van der Waals surface area (Å²) in [6.45, 7) is 0. The standard InChI is InChI=1S/C24H23N3O2/c28-21(14-15-9-10-16-5-1-2-7-18(16)13-15)26-27-24(29)25-23-20-12-11-17-6-3-4-8-19(17)22(20)23/h1-10,13,20,22-23H,11-12,14H2,(H,26,28)(H2,25,27,29). The van der Waals surface area contributed by atoms with Crippen molar-refractivity contribution in [1.29, 1.82) is 0 Å².